The van der Waals surface area contributed by atoms with Crippen molar-refractivity contribution in [1.82, 2.24) is 9.55 Å². The van der Waals surface area contributed by atoms with E-state index >= 15 is 0 Å². The molecule has 28 heavy (non-hydrogen) atoms. The highest BCUT2D eigenvalue weighted by molar-refractivity contribution is 7.53. The van der Waals surface area contributed by atoms with Crippen molar-refractivity contribution in [2.75, 3.05) is 5.73 Å². The molecule has 6 N–H and O–H groups in total. The molecule has 0 saturated carbocycles. The lowest BCUT2D eigenvalue weighted by atomic mass is 9.93. The number of nitrogen functional groups attached to an aromatic ring is 1. The van der Waals surface area contributed by atoms with Gasteiger partial charge in [-0.3, -0.25) is 9.13 Å². The molecule has 0 aromatic carbocycles. The van der Waals surface area contributed by atoms with E-state index in [1.54, 1.807) is 13.8 Å². The standard InChI is InChI=1S/C16H28N3O8P/c1-5-16(4,27-28(24,25)9(3)20)6-10-11(21)12(22)14(26-10)19-7-8(2)13(17)18-15(19)23/h7,9-12,14,20-22H,5-6H2,1-4H3,(H,24,25)(H2,17,18,23)/t9-,10-,11-,12-,14-,16?/m1/s1. The largest absolute Gasteiger partial charge is 0.388 e. The fraction of sp³-hybridized carbons (Fsp3) is 0.750. The molecule has 0 spiro atoms. The average Bonchev–Trinajstić information content (AvgIpc) is 2.85. The Bertz CT molecular complexity index is 816. The molecule has 1 fully saturated rings. The summed E-state index contributed by atoms with van der Waals surface area (Å²) in [6.07, 6.45) is -3.45. The van der Waals surface area contributed by atoms with Gasteiger partial charge in [-0.05, 0) is 27.2 Å². The predicted molar refractivity (Wildman–Crippen MR) is 99.5 cm³/mol. The molecule has 7 atom stereocenters. The first-order valence-corrected chi connectivity index (χ1v) is 10.5. The van der Waals surface area contributed by atoms with Gasteiger partial charge in [-0.15, -0.1) is 0 Å². The smallest absolute Gasteiger partial charge is 0.356 e. The normalized spacial score (nSPS) is 30.6. The summed E-state index contributed by atoms with van der Waals surface area (Å²) in [5.41, 5.74) is 4.11. The number of aryl methyl sites for hydroxylation is 1. The third-order valence-electron chi connectivity index (χ3n) is 4.99. The van der Waals surface area contributed by atoms with Gasteiger partial charge in [0.15, 0.2) is 12.1 Å². The number of hydrogen-bond acceptors (Lipinski definition) is 9. The zero-order valence-electron chi connectivity index (χ0n) is 16.2. The number of aromatic nitrogens is 2. The third kappa shape index (κ3) is 4.62. The van der Waals surface area contributed by atoms with E-state index in [9.17, 15) is 29.6 Å². The fourth-order valence-electron chi connectivity index (χ4n) is 2.95. The molecule has 2 rings (SSSR count). The molecule has 2 heterocycles. The Kier molecular flexibility index (Phi) is 6.72. The average molecular weight is 421 g/mol. The van der Waals surface area contributed by atoms with Gasteiger partial charge in [0.1, 0.15) is 18.0 Å². The van der Waals surface area contributed by atoms with E-state index in [0.717, 1.165) is 11.5 Å². The maximum absolute atomic E-state index is 12.1. The van der Waals surface area contributed by atoms with Crippen LogP contribution in [0.4, 0.5) is 5.82 Å². The minimum Gasteiger partial charge on any atom is -0.388 e. The van der Waals surface area contributed by atoms with E-state index in [1.807, 2.05) is 0 Å². The van der Waals surface area contributed by atoms with Crippen LogP contribution in [0.1, 0.15) is 45.4 Å². The Balaban J connectivity index is 2.25. The Hall–Kier alpha value is -1.33. The van der Waals surface area contributed by atoms with Crippen LogP contribution in [-0.4, -0.2) is 59.5 Å². The Morgan fingerprint density at radius 3 is 2.61 bits per heavy atom. The number of hydrogen-bond donors (Lipinski definition) is 5. The lowest BCUT2D eigenvalue weighted by molar-refractivity contribution is -0.0692. The second-order valence-corrected chi connectivity index (χ2v) is 9.40. The van der Waals surface area contributed by atoms with Crippen molar-refractivity contribution < 1.29 is 34.0 Å². The van der Waals surface area contributed by atoms with Gasteiger partial charge in [0.25, 0.3) is 0 Å². The summed E-state index contributed by atoms with van der Waals surface area (Å²) in [4.78, 5) is 25.6. The predicted octanol–water partition coefficient (Wildman–Crippen LogP) is -0.148. The molecule has 12 heteroatoms. The Morgan fingerprint density at radius 1 is 1.46 bits per heavy atom. The maximum atomic E-state index is 12.1. The Labute approximate surface area is 162 Å². The van der Waals surface area contributed by atoms with Crippen LogP contribution in [0.5, 0.6) is 0 Å². The molecule has 1 aliphatic rings. The second-order valence-electron chi connectivity index (χ2n) is 7.34. The summed E-state index contributed by atoms with van der Waals surface area (Å²) in [6, 6.07) is 0. The van der Waals surface area contributed by atoms with Crippen LogP contribution in [0.15, 0.2) is 11.0 Å². The van der Waals surface area contributed by atoms with Crippen LogP contribution < -0.4 is 11.4 Å². The highest BCUT2D eigenvalue weighted by atomic mass is 31.2. The first kappa shape index (κ1) is 23.0. The van der Waals surface area contributed by atoms with Gasteiger partial charge in [-0.1, -0.05) is 6.92 Å². The van der Waals surface area contributed by atoms with Gasteiger partial charge in [0, 0.05) is 18.2 Å². The highest BCUT2D eigenvalue weighted by Crippen LogP contribution is 2.52. The topological polar surface area (TPSA) is 177 Å². The number of nitrogens with two attached hydrogens (primary N) is 1. The molecule has 1 aromatic heterocycles. The van der Waals surface area contributed by atoms with Crippen LogP contribution in [0.3, 0.4) is 0 Å². The van der Waals surface area contributed by atoms with Crippen molar-refractivity contribution in [1.29, 1.82) is 0 Å². The summed E-state index contributed by atoms with van der Waals surface area (Å²) in [7, 11) is -4.31. The summed E-state index contributed by atoms with van der Waals surface area (Å²) >= 11 is 0. The monoisotopic (exact) mass is 421 g/mol. The van der Waals surface area contributed by atoms with E-state index < -0.39 is 49.3 Å². The maximum Gasteiger partial charge on any atom is 0.356 e. The number of anilines is 1. The molecule has 0 bridgehead atoms. The lowest BCUT2D eigenvalue weighted by Gasteiger charge is -2.34. The van der Waals surface area contributed by atoms with Crippen LogP contribution in [0.2, 0.25) is 0 Å². The quantitative estimate of drug-likeness (QED) is 0.372. The molecule has 160 valence electrons. The summed E-state index contributed by atoms with van der Waals surface area (Å²) in [6.45, 7) is 6.01. The first-order valence-electron chi connectivity index (χ1n) is 8.89. The van der Waals surface area contributed by atoms with Crippen molar-refractivity contribution in [3.63, 3.8) is 0 Å². The molecule has 1 saturated heterocycles. The first-order chi connectivity index (χ1) is 12.8. The van der Waals surface area contributed by atoms with Gasteiger partial charge in [-0.2, -0.15) is 4.98 Å². The minimum atomic E-state index is -4.31. The van der Waals surface area contributed by atoms with Crippen molar-refractivity contribution in [3.05, 3.63) is 22.2 Å². The van der Waals surface area contributed by atoms with Gasteiger partial charge in [-0.25, -0.2) is 4.79 Å². The minimum absolute atomic E-state index is 0.0506. The molecule has 0 amide bonds. The van der Waals surface area contributed by atoms with Crippen LogP contribution in [0, 0.1) is 6.92 Å². The second kappa shape index (κ2) is 8.19. The van der Waals surface area contributed by atoms with Gasteiger partial charge in [0.05, 0.1) is 11.7 Å². The summed E-state index contributed by atoms with van der Waals surface area (Å²) in [5, 5.41) is 30.2. The molecule has 1 aromatic rings. The van der Waals surface area contributed by atoms with Gasteiger partial charge >= 0.3 is 13.3 Å². The van der Waals surface area contributed by atoms with E-state index in [1.165, 1.54) is 13.1 Å². The molecule has 2 unspecified atom stereocenters. The summed E-state index contributed by atoms with van der Waals surface area (Å²) < 4.78 is 24.1. The van der Waals surface area contributed by atoms with Gasteiger partial charge < -0.3 is 35.2 Å². The van der Waals surface area contributed by atoms with E-state index in [4.69, 9.17) is 15.0 Å². The highest BCUT2D eigenvalue weighted by Gasteiger charge is 2.48. The lowest BCUT2D eigenvalue weighted by Crippen LogP contribution is -2.39. The van der Waals surface area contributed by atoms with Crippen LogP contribution >= 0.6 is 7.60 Å². The fourth-order valence-corrected chi connectivity index (χ4v) is 3.94. The molecule has 0 aliphatic carbocycles. The molecule has 0 radical (unpaired) electrons. The van der Waals surface area contributed by atoms with Crippen molar-refractivity contribution >= 4 is 13.4 Å². The zero-order chi connectivity index (χ0) is 21.4. The third-order valence-corrected chi connectivity index (χ3v) is 6.64. The number of ether oxygens (including phenoxy) is 1. The SMILES string of the molecule is CCC(C)(C[C@H]1O[C@@H](n2cc(C)c(N)nc2=O)[C@H](O)[C@@H]1O)OP(=O)(O)[C@H](C)O. The van der Waals surface area contributed by atoms with Crippen LogP contribution in [0.25, 0.3) is 0 Å². The molecular formula is C16H28N3O8P. The molecular weight excluding hydrogens is 393 g/mol. The molecule has 11 nitrogen and oxygen atoms in total. The van der Waals surface area contributed by atoms with E-state index in [0.29, 0.717) is 5.56 Å². The van der Waals surface area contributed by atoms with Crippen molar-refractivity contribution in [2.24, 2.45) is 0 Å². The zero-order valence-corrected chi connectivity index (χ0v) is 17.1. The van der Waals surface area contributed by atoms with Crippen LogP contribution in [-0.2, 0) is 13.8 Å². The van der Waals surface area contributed by atoms with Crippen molar-refractivity contribution in [3.8, 4) is 0 Å². The van der Waals surface area contributed by atoms with E-state index in [-0.39, 0.29) is 18.7 Å². The summed E-state index contributed by atoms with van der Waals surface area (Å²) in [5.74, 6) is -1.54. The number of rotatable bonds is 7. The van der Waals surface area contributed by atoms with Gasteiger partial charge in [0.2, 0.25) is 0 Å². The number of aliphatic hydroxyl groups excluding tert-OH is 3. The Morgan fingerprint density at radius 2 is 2.07 bits per heavy atom. The van der Waals surface area contributed by atoms with Crippen molar-refractivity contribution in [2.45, 2.75) is 76.5 Å². The number of aliphatic hydroxyl groups is 3. The molecule has 1 aliphatic heterocycles. The number of nitrogens with zero attached hydrogens (tertiary/aromatic N) is 2. The van der Waals surface area contributed by atoms with E-state index in [2.05, 4.69) is 4.98 Å².